The number of aliphatic hydroxyl groups excluding tert-OH is 1. The van der Waals surface area contributed by atoms with Crippen molar-refractivity contribution in [2.45, 2.75) is 13.5 Å². The van der Waals surface area contributed by atoms with Crippen LogP contribution in [0.5, 0.6) is 0 Å². The summed E-state index contributed by atoms with van der Waals surface area (Å²) in [6.45, 7) is 1.85. The zero-order chi connectivity index (χ0) is 9.42. The van der Waals surface area contributed by atoms with Crippen molar-refractivity contribution in [3.05, 3.63) is 34.2 Å². The maximum absolute atomic E-state index is 9.01. The van der Waals surface area contributed by atoms with Crippen molar-refractivity contribution in [3.63, 3.8) is 0 Å². The molecule has 13 heavy (non-hydrogen) atoms. The fourth-order valence-corrected chi connectivity index (χ4v) is 1.82. The van der Waals surface area contributed by atoms with Crippen LogP contribution >= 0.6 is 15.9 Å². The first kappa shape index (κ1) is 8.78. The molecular weight excluding hydrogens is 232 g/mol. The van der Waals surface area contributed by atoms with Crippen LogP contribution in [0.25, 0.3) is 10.8 Å². The summed E-state index contributed by atoms with van der Waals surface area (Å²) in [6.07, 6.45) is 0. The Bertz CT molecular complexity index is 445. The highest BCUT2D eigenvalue weighted by atomic mass is 79.9. The van der Waals surface area contributed by atoms with Gasteiger partial charge in [0.05, 0.1) is 0 Å². The van der Waals surface area contributed by atoms with E-state index in [1.165, 1.54) is 0 Å². The topological polar surface area (TPSA) is 33.4 Å². The molecule has 0 unspecified atom stereocenters. The molecular formula is C10H9BrO2. The van der Waals surface area contributed by atoms with E-state index in [2.05, 4.69) is 15.9 Å². The number of halogens is 1. The third kappa shape index (κ3) is 1.38. The van der Waals surface area contributed by atoms with Crippen LogP contribution in [0.15, 0.2) is 27.1 Å². The van der Waals surface area contributed by atoms with Gasteiger partial charge in [-0.05, 0) is 25.1 Å². The quantitative estimate of drug-likeness (QED) is 0.832. The highest BCUT2D eigenvalue weighted by Gasteiger charge is 2.08. The van der Waals surface area contributed by atoms with Gasteiger partial charge in [-0.3, -0.25) is 0 Å². The molecule has 0 saturated carbocycles. The second-order valence-corrected chi connectivity index (χ2v) is 3.85. The molecule has 0 amide bonds. The molecule has 0 bridgehead atoms. The number of aliphatic hydroxyl groups is 1. The van der Waals surface area contributed by atoms with E-state index >= 15 is 0 Å². The van der Waals surface area contributed by atoms with Gasteiger partial charge in [0.1, 0.15) is 18.1 Å². The molecule has 3 heteroatoms. The van der Waals surface area contributed by atoms with Crippen LogP contribution < -0.4 is 0 Å². The van der Waals surface area contributed by atoms with Gasteiger partial charge < -0.3 is 9.52 Å². The molecule has 2 nitrogen and oxygen atoms in total. The van der Waals surface area contributed by atoms with E-state index in [4.69, 9.17) is 9.52 Å². The van der Waals surface area contributed by atoms with Crippen LogP contribution in [0, 0.1) is 6.92 Å². The second kappa shape index (κ2) is 3.16. The molecule has 1 aromatic carbocycles. The number of rotatable bonds is 1. The minimum absolute atomic E-state index is 0.0496. The van der Waals surface area contributed by atoms with Gasteiger partial charge in [-0.1, -0.05) is 15.9 Å². The molecule has 0 aliphatic carbocycles. The zero-order valence-corrected chi connectivity index (χ0v) is 8.76. The van der Waals surface area contributed by atoms with Crippen LogP contribution in [0.4, 0.5) is 0 Å². The van der Waals surface area contributed by atoms with Crippen molar-refractivity contribution < 1.29 is 9.52 Å². The average Bonchev–Trinajstić information content (AvgIpc) is 2.43. The standard InChI is InChI=1S/C10H9BrO2/c1-6-9-4-7(11)2-3-8(9)10(5-12)13-6/h2-4,12H,5H2,1H3. The predicted molar refractivity (Wildman–Crippen MR) is 54.6 cm³/mol. The Morgan fingerprint density at radius 1 is 1.38 bits per heavy atom. The fourth-order valence-electron chi connectivity index (χ4n) is 1.46. The maximum atomic E-state index is 9.01. The Labute approximate surface area is 84.3 Å². The van der Waals surface area contributed by atoms with Gasteiger partial charge in [-0.25, -0.2) is 0 Å². The van der Waals surface area contributed by atoms with E-state index in [1.807, 2.05) is 25.1 Å². The number of furan rings is 1. The number of hydrogen-bond donors (Lipinski definition) is 1. The molecule has 0 spiro atoms. The highest BCUT2D eigenvalue weighted by Crippen LogP contribution is 2.28. The van der Waals surface area contributed by atoms with Gasteiger partial charge in [0.2, 0.25) is 0 Å². The molecule has 1 heterocycles. The smallest absolute Gasteiger partial charge is 0.137 e. The van der Waals surface area contributed by atoms with Crippen molar-refractivity contribution in [1.82, 2.24) is 0 Å². The van der Waals surface area contributed by atoms with E-state index in [-0.39, 0.29) is 6.61 Å². The molecule has 0 atom stereocenters. The largest absolute Gasteiger partial charge is 0.463 e. The Morgan fingerprint density at radius 3 is 2.85 bits per heavy atom. The van der Waals surface area contributed by atoms with E-state index in [9.17, 15) is 0 Å². The first-order valence-corrected chi connectivity index (χ1v) is 4.80. The first-order chi connectivity index (χ1) is 6.22. The summed E-state index contributed by atoms with van der Waals surface area (Å²) in [6, 6.07) is 5.88. The number of fused-ring (bicyclic) bond motifs is 1. The summed E-state index contributed by atoms with van der Waals surface area (Å²) in [5.74, 6) is 1.49. The van der Waals surface area contributed by atoms with E-state index in [1.54, 1.807) is 0 Å². The van der Waals surface area contributed by atoms with Crippen LogP contribution in [0.3, 0.4) is 0 Å². The van der Waals surface area contributed by atoms with Gasteiger partial charge in [0, 0.05) is 15.2 Å². The second-order valence-electron chi connectivity index (χ2n) is 2.93. The van der Waals surface area contributed by atoms with Crippen molar-refractivity contribution >= 4 is 26.7 Å². The van der Waals surface area contributed by atoms with Crippen LogP contribution in [0.1, 0.15) is 11.5 Å². The lowest BCUT2D eigenvalue weighted by Crippen LogP contribution is -1.77. The van der Waals surface area contributed by atoms with Gasteiger partial charge in [0.25, 0.3) is 0 Å². The van der Waals surface area contributed by atoms with Crippen molar-refractivity contribution in [2.24, 2.45) is 0 Å². The Hall–Kier alpha value is -0.800. The molecule has 1 aromatic heterocycles. The lowest BCUT2D eigenvalue weighted by Gasteiger charge is -1.92. The first-order valence-electron chi connectivity index (χ1n) is 4.01. The van der Waals surface area contributed by atoms with Crippen molar-refractivity contribution in [2.75, 3.05) is 0 Å². The summed E-state index contributed by atoms with van der Waals surface area (Å²) in [4.78, 5) is 0. The molecule has 0 fully saturated rings. The monoisotopic (exact) mass is 240 g/mol. The highest BCUT2D eigenvalue weighted by molar-refractivity contribution is 9.10. The maximum Gasteiger partial charge on any atom is 0.137 e. The summed E-state index contributed by atoms with van der Waals surface area (Å²) in [7, 11) is 0. The zero-order valence-electron chi connectivity index (χ0n) is 7.17. The Kier molecular flexibility index (Phi) is 2.14. The molecule has 0 aliphatic rings. The third-order valence-corrected chi connectivity index (χ3v) is 2.57. The van der Waals surface area contributed by atoms with Gasteiger partial charge >= 0.3 is 0 Å². The van der Waals surface area contributed by atoms with E-state index < -0.39 is 0 Å². The summed E-state index contributed by atoms with van der Waals surface area (Å²) in [5.41, 5.74) is 0. The van der Waals surface area contributed by atoms with E-state index in [0.29, 0.717) is 5.76 Å². The third-order valence-electron chi connectivity index (χ3n) is 2.08. The molecule has 68 valence electrons. The minimum Gasteiger partial charge on any atom is -0.463 e. The SMILES string of the molecule is Cc1oc(CO)c2ccc(Br)cc12. The number of benzene rings is 1. The Balaban J connectivity index is 2.80. The molecule has 0 saturated heterocycles. The normalized spacial score (nSPS) is 11.0. The van der Waals surface area contributed by atoms with Crippen LogP contribution in [-0.4, -0.2) is 5.11 Å². The van der Waals surface area contributed by atoms with Crippen LogP contribution in [0.2, 0.25) is 0 Å². The predicted octanol–water partition coefficient (Wildman–Crippen LogP) is 3.00. The number of hydrogen-bond acceptors (Lipinski definition) is 2. The molecule has 1 N–H and O–H groups in total. The molecule has 2 aromatic rings. The number of aryl methyl sites for hydroxylation is 1. The Morgan fingerprint density at radius 2 is 2.15 bits per heavy atom. The lowest BCUT2D eigenvalue weighted by molar-refractivity contribution is 0.247. The molecule has 0 aliphatic heterocycles. The lowest BCUT2D eigenvalue weighted by atomic mass is 10.1. The minimum atomic E-state index is -0.0496. The van der Waals surface area contributed by atoms with Gasteiger partial charge in [-0.2, -0.15) is 0 Å². The summed E-state index contributed by atoms with van der Waals surface area (Å²) < 4.78 is 6.42. The van der Waals surface area contributed by atoms with Gasteiger partial charge in [-0.15, -0.1) is 0 Å². The van der Waals surface area contributed by atoms with Crippen molar-refractivity contribution in [1.29, 1.82) is 0 Å². The van der Waals surface area contributed by atoms with Gasteiger partial charge in [0.15, 0.2) is 0 Å². The average molecular weight is 241 g/mol. The summed E-state index contributed by atoms with van der Waals surface area (Å²) in [5, 5.41) is 11.1. The molecule has 2 rings (SSSR count). The summed E-state index contributed by atoms with van der Waals surface area (Å²) >= 11 is 3.39. The van der Waals surface area contributed by atoms with Crippen LogP contribution in [-0.2, 0) is 6.61 Å². The fraction of sp³-hybridized carbons (Fsp3) is 0.200. The van der Waals surface area contributed by atoms with E-state index in [0.717, 1.165) is 21.0 Å². The molecule has 0 radical (unpaired) electrons. The van der Waals surface area contributed by atoms with Crippen molar-refractivity contribution in [3.8, 4) is 0 Å².